The van der Waals surface area contributed by atoms with E-state index in [2.05, 4.69) is 32.0 Å². The molecular weight excluding hydrogens is 456 g/mol. The maximum absolute atomic E-state index is 11.3. The van der Waals surface area contributed by atoms with E-state index in [0.29, 0.717) is 21.2 Å². The van der Waals surface area contributed by atoms with Gasteiger partial charge in [0.15, 0.2) is 5.16 Å². The Morgan fingerprint density at radius 3 is 2.72 bits per heavy atom. The third-order valence-corrected chi connectivity index (χ3v) is 5.81. The van der Waals surface area contributed by atoms with Crippen LogP contribution in [0.2, 0.25) is 0 Å². The van der Waals surface area contributed by atoms with Crippen LogP contribution in [0.4, 0.5) is 0 Å². The third kappa shape index (κ3) is 5.16. The number of thioether (sulfide) groups is 1. The Morgan fingerprint density at radius 2 is 2.07 bits per heavy atom. The molecule has 0 fully saturated rings. The summed E-state index contributed by atoms with van der Waals surface area (Å²) in [6.07, 6.45) is 5.23. The van der Waals surface area contributed by atoms with E-state index in [4.69, 9.17) is 11.2 Å². The maximum atomic E-state index is 11.3. The Bertz CT molecular complexity index is 1050. The second-order valence-corrected chi connectivity index (χ2v) is 8.03. The first-order valence-electron chi connectivity index (χ1n) is 8.61. The number of hydrogen-bond acceptors (Lipinski definition) is 6. The quantitative estimate of drug-likeness (QED) is 0.208. The van der Waals surface area contributed by atoms with Crippen molar-refractivity contribution in [1.29, 1.82) is 0 Å². The molecule has 9 heteroatoms. The number of nitro groups is 1. The molecule has 0 bridgehead atoms. The summed E-state index contributed by atoms with van der Waals surface area (Å²) in [5, 5.41) is 19.8. The summed E-state index contributed by atoms with van der Waals surface area (Å²) in [7, 11) is 0. The van der Waals surface area contributed by atoms with Crippen molar-refractivity contribution in [3.8, 4) is 23.8 Å². The molecule has 1 atom stereocenters. The number of aromatic nitrogens is 3. The van der Waals surface area contributed by atoms with Crippen LogP contribution in [0.1, 0.15) is 16.6 Å². The van der Waals surface area contributed by atoms with Crippen LogP contribution >= 0.6 is 27.7 Å². The number of ether oxygens (including phenoxy) is 1. The van der Waals surface area contributed by atoms with Crippen molar-refractivity contribution in [2.24, 2.45) is 0 Å². The second kappa shape index (κ2) is 9.58. The Balaban J connectivity index is 1.93. The second-order valence-electron chi connectivity index (χ2n) is 6.01. The fourth-order valence-electron chi connectivity index (χ4n) is 2.72. The number of aryl methyl sites for hydroxylation is 1. The minimum absolute atomic E-state index is 0.143. The average Bonchev–Trinajstić information content (AvgIpc) is 3.07. The van der Waals surface area contributed by atoms with Gasteiger partial charge in [-0.05, 0) is 52.7 Å². The standard InChI is InChI=1S/C20H17BrN4O3S/c1-3-11-28-18-10-9-15(12-17(18)21)19(13-24(26)27)29-20-23-22-14(2)25(20)16-7-5-4-6-8-16/h1,4-10,12,19H,11,13H2,2H3/t19-/m0/s1. The zero-order valence-electron chi connectivity index (χ0n) is 15.5. The molecule has 0 N–H and O–H groups in total. The molecule has 2 aromatic carbocycles. The molecule has 0 unspecified atom stereocenters. The molecule has 0 aliphatic heterocycles. The molecule has 1 aromatic heterocycles. The smallest absolute Gasteiger partial charge is 0.220 e. The number of nitrogens with zero attached hydrogens (tertiary/aromatic N) is 4. The van der Waals surface area contributed by atoms with E-state index < -0.39 is 5.25 Å². The van der Waals surface area contributed by atoms with Crippen molar-refractivity contribution < 1.29 is 9.66 Å². The fraction of sp³-hybridized carbons (Fsp3) is 0.200. The first-order valence-corrected chi connectivity index (χ1v) is 10.3. The van der Waals surface area contributed by atoms with Gasteiger partial charge in [0.2, 0.25) is 6.54 Å². The van der Waals surface area contributed by atoms with Gasteiger partial charge in [0.1, 0.15) is 23.4 Å². The van der Waals surface area contributed by atoms with Crippen LogP contribution in [0.25, 0.3) is 5.69 Å². The van der Waals surface area contributed by atoms with E-state index in [0.717, 1.165) is 11.3 Å². The molecule has 0 spiro atoms. The molecule has 0 amide bonds. The summed E-state index contributed by atoms with van der Waals surface area (Å²) in [5.41, 5.74) is 1.67. The molecule has 0 saturated carbocycles. The Morgan fingerprint density at radius 1 is 1.31 bits per heavy atom. The molecule has 148 valence electrons. The molecule has 3 rings (SSSR count). The number of terminal acetylenes is 1. The van der Waals surface area contributed by atoms with Crippen LogP contribution in [0.15, 0.2) is 58.2 Å². The zero-order chi connectivity index (χ0) is 20.8. The minimum Gasteiger partial charge on any atom is -0.480 e. The van der Waals surface area contributed by atoms with Gasteiger partial charge in [-0.15, -0.1) is 16.6 Å². The van der Waals surface area contributed by atoms with Gasteiger partial charge in [0.25, 0.3) is 0 Å². The predicted octanol–water partition coefficient (Wildman–Crippen LogP) is 4.46. The lowest BCUT2D eigenvalue weighted by molar-refractivity contribution is -0.479. The van der Waals surface area contributed by atoms with Gasteiger partial charge in [-0.3, -0.25) is 14.7 Å². The number of rotatable bonds is 8. The van der Waals surface area contributed by atoms with E-state index in [1.807, 2.05) is 47.9 Å². The number of hydrogen-bond donors (Lipinski definition) is 0. The van der Waals surface area contributed by atoms with Crippen LogP contribution in [0.5, 0.6) is 5.75 Å². The molecule has 0 aliphatic rings. The summed E-state index contributed by atoms with van der Waals surface area (Å²) in [5.74, 6) is 3.70. The summed E-state index contributed by atoms with van der Waals surface area (Å²) < 4.78 is 8.02. The van der Waals surface area contributed by atoms with Crippen molar-refractivity contribution in [2.75, 3.05) is 13.2 Å². The van der Waals surface area contributed by atoms with Gasteiger partial charge >= 0.3 is 0 Å². The topological polar surface area (TPSA) is 83.1 Å². The maximum Gasteiger partial charge on any atom is 0.220 e. The highest BCUT2D eigenvalue weighted by Gasteiger charge is 2.24. The van der Waals surface area contributed by atoms with Crippen molar-refractivity contribution >= 4 is 27.7 Å². The highest BCUT2D eigenvalue weighted by Crippen LogP contribution is 2.38. The van der Waals surface area contributed by atoms with E-state index in [9.17, 15) is 10.1 Å². The van der Waals surface area contributed by atoms with Gasteiger partial charge in [-0.1, -0.05) is 41.9 Å². The molecule has 3 aromatic rings. The van der Waals surface area contributed by atoms with Crippen LogP contribution < -0.4 is 4.74 Å². The van der Waals surface area contributed by atoms with Gasteiger partial charge in [0, 0.05) is 10.6 Å². The van der Waals surface area contributed by atoms with E-state index >= 15 is 0 Å². The van der Waals surface area contributed by atoms with Crippen LogP contribution in [0, 0.1) is 29.4 Å². The summed E-state index contributed by atoms with van der Waals surface area (Å²) in [6.45, 7) is 1.73. The molecular formula is C20H17BrN4O3S. The zero-order valence-corrected chi connectivity index (χ0v) is 17.9. The highest BCUT2D eigenvalue weighted by atomic mass is 79.9. The summed E-state index contributed by atoms with van der Waals surface area (Å²) in [6, 6.07) is 15.0. The van der Waals surface area contributed by atoms with Crippen molar-refractivity contribution in [3.63, 3.8) is 0 Å². The van der Waals surface area contributed by atoms with E-state index in [-0.39, 0.29) is 18.1 Å². The monoisotopic (exact) mass is 472 g/mol. The third-order valence-electron chi connectivity index (χ3n) is 4.01. The van der Waals surface area contributed by atoms with Gasteiger partial charge in [-0.2, -0.15) is 0 Å². The fourth-order valence-corrected chi connectivity index (χ4v) is 4.40. The molecule has 0 radical (unpaired) electrons. The Kier molecular flexibility index (Phi) is 6.90. The van der Waals surface area contributed by atoms with Gasteiger partial charge in [0.05, 0.1) is 4.47 Å². The van der Waals surface area contributed by atoms with Crippen LogP contribution in [-0.4, -0.2) is 32.8 Å². The molecule has 29 heavy (non-hydrogen) atoms. The largest absolute Gasteiger partial charge is 0.480 e. The van der Waals surface area contributed by atoms with Crippen LogP contribution in [-0.2, 0) is 0 Å². The van der Waals surface area contributed by atoms with E-state index in [1.54, 1.807) is 12.1 Å². The van der Waals surface area contributed by atoms with E-state index in [1.165, 1.54) is 11.8 Å². The lowest BCUT2D eigenvalue weighted by Gasteiger charge is -2.15. The van der Waals surface area contributed by atoms with Gasteiger partial charge in [-0.25, -0.2) is 0 Å². The van der Waals surface area contributed by atoms with Crippen molar-refractivity contribution in [3.05, 3.63) is 74.5 Å². The molecule has 1 heterocycles. The first kappa shape index (κ1) is 20.9. The number of halogens is 1. The lowest BCUT2D eigenvalue weighted by Crippen LogP contribution is -2.11. The lowest BCUT2D eigenvalue weighted by atomic mass is 10.1. The number of para-hydroxylation sites is 1. The van der Waals surface area contributed by atoms with Crippen molar-refractivity contribution in [1.82, 2.24) is 14.8 Å². The highest BCUT2D eigenvalue weighted by molar-refractivity contribution is 9.10. The normalized spacial score (nSPS) is 11.6. The first-order chi connectivity index (χ1) is 14.0. The SMILES string of the molecule is C#CCOc1ccc([C@H](C[N+](=O)[O-])Sc2nnc(C)n2-c2ccccc2)cc1Br. The van der Waals surface area contributed by atoms with Gasteiger partial charge < -0.3 is 4.74 Å². The van der Waals surface area contributed by atoms with Crippen LogP contribution in [0.3, 0.4) is 0 Å². The Labute approximate surface area is 180 Å². The molecule has 0 aliphatic carbocycles. The number of benzene rings is 2. The summed E-state index contributed by atoms with van der Waals surface area (Å²) in [4.78, 5) is 11.0. The summed E-state index contributed by atoms with van der Waals surface area (Å²) >= 11 is 4.75. The predicted molar refractivity (Wildman–Crippen MR) is 115 cm³/mol. The average molecular weight is 473 g/mol. The Hall–Kier alpha value is -2.83. The minimum atomic E-state index is -0.464. The van der Waals surface area contributed by atoms with Crippen molar-refractivity contribution in [2.45, 2.75) is 17.3 Å². The molecule has 7 nitrogen and oxygen atoms in total. The molecule has 0 saturated heterocycles.